The van der Waals surface area contributed by atoms with Gasteiger partial charge in [-0.2, -0.15) is 0 Å². The van der Waals surface area contributed by atoms with Crippen molar-refractivity contribution in [2.45, 2.75) is 48.7 Å². The normalized spacial score (nSPS) is 21.4. The van der Waals surface area contributed by atoms with Crippen molar-refractivity contribution >= 4 is 21.3 Å². The first-order chi connectivity index (χ1) is 18.0. The number of aliphatic hydroxyl groups excluding tert-OH is 1. The van der Waals surface area contributed by atoms with E-state index in [9.17, 15) is 31.3 Å². The molecule has 0 heterocycles. The van der Waals surface area contributed by atoms with Gasteiger partial charge in [-0.15, -0.1) is 13.2 Å². The highest BCUT2D eigenvalue weighted by Gasteiger charge is 2.38. The molecule has 6 nitrogen and oxygen atoms in total. The molecule has 0 bridgehead atoms. The van der Waals surface area contributed by atoms with Gasteiger partial charge in [0.1, 0.15) is 27.3 Å². The largest absolute Gasteiger partial charge is 0.573 e. The van der Waals surface area contributed by atoms with E-state index in [1.807, 2.05) is 0 Å². The average Bonchev–Trinajstić information content (AvgIpc) is 2.88. The zero-order chi connectivity index (χ0) is 27.5. The summed E-state index contributed by atoms with van der Waals surface area (Å²) in [5.41, 5.74) is 1.15. The molecule has 4 atom stereocenters. The number of hydrogen-bond acceptors (Lipinski definition) is 5. The van der Waals surface area contributed by atoms with Gasteiger partial charge in [0, 0.05) is 24.5 Å². The smallest absolute Gasteiger partial charge is 0.406 e. The lowest BCUT2D eigenvalue weighted by atomic mass is 9.87. The Bertz CT molecular complexity index is 1300. The van der Waals surface area contributed by atoms with E-state index in [0.717, 1.165) is 12.1 Å². The first kappa shape index (κ1) is 27.8. The van der Waals surface area contributed by atoms with Gasteiger partial charge >= 0.3 is 6.36 Å². The fourth-order valence-electron chi connectivity index (χ4n) is 4.56. The van der Waals surface area contributed by atoms with Gasteiger partial charge in [-0.25, -0.2) is 22.1 Å². The molecule has 1 saturated carbocycles. The van der Waals surface area contributed by atoms with Crippen LogP contribution < -0.4 is 14.4 Å². The number of ether oxygens (including phenoxy) is 1. The highest BCUT2D eigenvalue weighted by molar-refractivity contribution is 7.91. The van der Waals surface area contributed by atoms with Crippen molar-refractivity contribution in [2.24, 2.45) is 4.36 Å². The van der Waals surface area contributed by atoms with E-state index in [0.29, 0.717) is 30.6 Å². The Morgan fingerprint density at radius 1 is 0.921 bits per heavy atom. The van der Waals surface area contributed by atoms with Gasteiger partial charge in [0.15, 0.2) is 0 Å². The highest BCUT2D eigenvalue weighted by Crippen LogP contribution is 2.35. The highest BCUT2D eigenvalue weighted by atomic mass is 32.2. The van der Waals surface area contributed by atoms with E-state index in [2.05, 4.69) is 13.8 Å². The number of halogens is 5. The molecule has 204 valence electrons. The summed E-state index contributed by atoms with van der Waals surface area (Å²) in [6, 6.07) is 14.6. The molecule has 12 heteroatoms. The quantitative estimate of drug-likeness (QED) is 0.354. The molecule has 1 aliphatic rings. The second-order valence-electron chi connectivity index (χ2n) is 8.76. The van der Waals surface area contributed by atoms with Crippen molar-refractivity contribution in [1.29, 1.82) is 0 Å². The summed E-state index contributed by atoms with van der Waals surface area (Å²) in [7, 11) is -2.02. The lowest BCUT2D eigenvalue weighted by Gasteiger charge is -2.43. The number of anilines is 2. The number of alkyl halides is 3. The molecule has 38 heavy (non-hydrogen) atoms. The second kappa shape index (κ2) is 11.3. The van der Waals surface area contributed by atoms with E-state index >= 15 is 0 Å². The minimum Gasteiger partial charge on any atom is -0.406 e. The van der Waals surface area contributed by atoms with Crippen LogP contribution in [0.3, 0.4) is 0 Å². The average molecular weight is 556 g/mol. The standard InChI is InChI=1S/C26H26F5N3O3S/c1-32-38(36,22-15-13-21(14-16-22)37-26(29,30)31)33-23-3-2-4-24(25(23)35)34(19-9-5-17(27)6-10-19)20-11-7-18(28)8-12-20/h5-16,23-25,35H,2-4H2,1H3,(H,32,33,36). The zero-order valence-electron chi connectivity index (χ0n) is 20.2. The number of benzene rings is 3. The molecule has 3 aromatic carbocycles. The maximum absolute atomic E-state index is 13.7. The van der Waals surface area contributed by atoms with E-state index in [4.69, 9.17) is 0 Å². The summed E-state index contributed by atoms with van der Waals surface area (Å²) in [5, 5.41) is 11.4. The third-order valence-corrected chi connectivity index (χ3v) is 8.36. The van der Waals surface area contributed by atoms with Crippen LogP contribution in [0.2, 0.25) is 0 Å². The van der Waals surface area contributed by atoms with Crippen LogP contribution in [-0.4, -0.2) is 40.9 Å². The summed E-state index contributed by atoms with van der Waals surface area (Å²) in [5.74, 6) is -1.34. The van der Waals surface area contributed by atoms with Crippen molar-refractivity contribution in [3.05, 3.63) is 84.4 Å². The molecule has 0 spiro atoms. The molecule has 0 radical (unpaired) electrons. The number of rotatable bonds is 7. The van der Waals surface area contributed by atoms with Gasteiger partial charge in [-0.1, -0.05) is 0 Å². The van der Waals surface area contributed by atoms with Gasteiger partial charge in [-0.05, 0) is 92.1 Å². The summed E-state index contributed by atoms with van der Waals surface area (Å²) >= 11 is 0. The van der Waals surface area contributed by atoms with Gasteiger partial charge in [0.2, 0.25) is 0 Å². The van der Waals surface area contributed by atoms with Crippen LogP contribution in [-0.2, 0) is 9.92 Å². The Hall–Kier alpha value is -3.22. The number of hydrogen-bond donors (Lipinski definition) is 2. The van der Waals surface area contributed by atoms with Crippen LogP contribution in [0.5, 0.6) is 5.75 Å². The molecule has 0 aliphatic heterocycles. The topological polar surface area (TPSA) is 74.2 Å². The first-order valence-electron chi connectivity index (χ1n) is 11.8. The minimum atomic E-state index is -4.86. The number of nitrogens with zero attached hydrogens (tertiary/aromatic N) is 2. The molecular formula is C26H26F5N3O3S. The zero-order valence-corrected chi connectivity index (χ0v) is 21.1. The predicted octanol–water partition coefficient (Wildman–Crippen LogP) is 5.95. The summed E-state index contributed by atoms with van der Waals surface area (Å²) in [6.45, 7) is 0. The van der Waals surface area contributed by atoms with E-state index < -0.39 is 51.8 Å². The lowest BCUT2D eigenvalue weighted by Crippen LogP contribution is -2.55. The van der Waals surface area contributed by atoms with Crippen LogP contribution in [0.25, 0.3) is 0 Å². The molecule has 0 amide bonds. The fourth-order valence-corrected chi connectivity index (χ4v) is 6.18. The predicted molar refractivity (Wildman–Crippen MR) is 133 cm³/mol. The van der Waals surface area contributed by atoms with E-state index in [-0.39, 0.29) is 4.90 Å². The number of aliphatic hydroxyl groups is 1. The van der Waals surface area contributed by atoms with Crippen molar-refractivity contribution in [2.75, 3.05) is 11.9 Å². The monoisotopic (exact) mass is 555 g/mol. The van der Waals surface area contributed by atoms with Crippen LogP contribution in [0.1, 0.15) is 19.3 Å². The van der Waals surface area contributed by atoms with Crippen LogP contribution in [0.4, 0.5) is 33.3 Å². The van der Waals surface area contributed by atoms with Gasteiger partial charge in [0.25, 0.3) is 0 Å². The number of nitrogens with one attached hydrogen (secondary N) is 1. The molecule has 0 saturated heterocycles. The van der Waals surface area contributed by atoms with Crippen molar-refractivity contribution < 1.29 is 36.0 Å². The third-order valence-electron chi connectivity index (χ3n) is 6.31. The Labute approximate surface area is 217 Å². The third kappa shape index (κ3) is 6.43. The maximum Gasteiger partial charge on any atom is 0.573 e. The maximum atomic E-state index is 13.7. The SMILES string of the molecule is CN=S(=O)(NC1CCCC(N(c2ccc(F)cc2)c2ccc(F)cc2)C1O)c1ccc(OC(F)(F)F)cc1. The molecule has 0 aromatic heterocycles. The molecule has 1 aliphatic carbocycles. The van der Waals surface area contributed by atoms with Crippen LogP contribution >= 0.6 is 0 Å². The Morgan fingerprint density at radius 2 is 1.45 bits per heavy atom. The minimum absolute atomic E-state index is 0.123. The molecule has 1 fully saturated rings. The molecular weight excluding hydrogens is 529 g/mol. The van der Waals surface area contributed by atoms with Crippen molar-refractivity contribution in [3.8, 4) is 5.75 Å². The summed E-state index contributed by atoms with van der Waals surface area (Å²) < 4.78 is 89.3. The van der Waals surface area contributed by atoms with Gasteiger partial charge in [-0.3, -0.25) is 0 Å². The molecule has 4 unspecified atom stereocenters. The van der Waals surface area contributed by atoms with Gasteiger partial charge < -0.3 is 14.7 Å². The second-order valence-corrected chi connectivity index (χ2v) is 10.9. The Kier molecular flexibility index (Phi) is 8.24. The van der Waals surface area contributed by atoms with Crippen LogP contribution in [0.15, 0.2) is 82.1 Å². The van der Waals surface area contributed by atoms with Crippen molar-refractivity contribution in [1.82, 2.24) is 4.72 Å². The molecule has 2 N–H and O–H groups in total. The van der Waals surface area contributed by atoms with Crippen LogP contribution in [0, 0.1) is 11.6 Å². The van der Waals surface area contributed by atoms with E-state index in [1.165, 1.54) is 43.4 Å². The molecule has 4 rings (SSSR count). The fraction of sp³-hybridized carbons (Fsp3) is 0.308. The Balaban J connectivity index is 1.61. The first-order valence-corrected chi connectivity index (χ1v) is 13.3. The summed E-state index contributed by atoms with van der Waals surface area (Å²) in [6.07, 6.45) is -4.36. The lowest BCUT2D eigenvalue weighted by molar-refractivity contribution is -0.274. The van der Waals surface area contributed by atoms with Crippen molar-refractivity contribution in [3.63, 3.8) is 0 Å². The van der Waals surface area contributed by atoms with Gasteiger partial charge in [0.05, 0.1) is 17.0 Å². The van der Waals surface area contributed by atoms with E-state index in [1.54, 1.807) is 29.2 Å². The summed E-state index contributed by atoms with van der Waals surface area (Å²) in [4.78, 5) is 1.91. The Morgan fingerprint density at radius 3 is 1.92 bits per heavy atom. The molecule has 3 aromatic rings.